The Balaban J connectivity index is 2.28. The van der Waals surface area contributed by atoms with Crippen LogP contribution in [0.15, 0.2) is 0 Å². The van der Waals surface area contributed by atoms with Crippen molar-refractivity contribution in [3.63, 3.8) is 0 Å². The van der Waals surface area contributed by atoms with Gasteiger partial charge in [0.25, 0.3) is 0 Å². The normalized spacial score (nSPS) is 18.5. The minimum Gasteiger partial charge on any atom is -0.340 e. The van der Waals surface area contributed by atoms with Crippen molar-refractivity contribution >= 4 is 5.91 Å². The van der Waals surface area contributed by atoms with Crippen LogP contribution in [-0.2, 0) is 4.79 Å². The Hall–Kier alpha value is -0.780. The molecule has 3 nitrogen and oxygen atoms in total. The highest BCUT2D eigenvalue weighted by Crippen LogP contribution is 2.17. The summed E-state index contributed by atoms with van der Waals surface area (Å²) in [4.78, 5) is 14.7. The number of piperazine rings is 1. The fourth-order valence-corrected chi connectivity index (χ4v) is 1.90. The number of alkyl halides is 3. The predicted molar refractivity (Wildman–Crippen MR) is 58.6 cm³/mol. The second-order valence-electron chi connectivity index (χ2n) is 4.38. The molecule has 0 bridgehead atoms. The van der Waals surface area contributed by atoms with E-state index in [1.165, 1.54) is 4.90 Å². The van der Waals surface area contributed by atoms with Gasteiger partial charge in [0.2, 0.25) is 5.91 Å². The van der Waals surface area contributed by atoms with Gasteiger partial charge in [0.05, 0.1) is 6.54 Å². The van der Waals surface area contributed by atoms with E-state index in [0.717, 1.165) is 12.8 Å². The molecule has 1 rings (SSSR count). The summed E-state index contributed by atoms with van der Waals surface area (Å²) in [6.45, 7) is 2.60. The summed E-state index contributed by atoms with van der Waals surface area (Å²) in [5.74, 6) is 0.0681. The van der Waals surface area contributed by atoms with Gasteiger partial charge < -0.3 is 4.90 Å². The first-order chi connectivity index (χ1) is 7.92. The van der Waals surface area contributed by atoms with Gasteiger partial charge in [0.15, 0.2) is 0 Å². The van der Waals surface area contributed by atoms with Crippen molar-refractivity contribution in [3.8, 4) is 0 Å². The summed E-state index contributed by atoms with van der Waals surface area (Å²) >= 11 is 0. The Morgan fingerprint density at radius 2 is 1.76 bits per heavy atom. The molecule has 0 aliphatic carbocycles. The van der Waals surface area contributed by atoms with Gasteiger partial charge in [-0.1, -0.05) is 13.3 Å². The molecule has 1 saturated heterocycles. The molecule has 0 aromatic rings. The zero-order chi connectivity index (χ0) is 12.9. The van der Waals surface area contributed by atoms with E-state index in [9.17, 15) is 18.0 Å². The lowest BCUT2D eigenvalue weighted by Gasteiger charge is -2.35. The maximum Gasteiger partial charge on any atom is 0.401 e. The summed E-state index contributed by atoms with van der Waals surface area (Å²) in [6, 6.07) is 0. The molecule has 0 atom stereocenters. The smallest absolute Gasteiger partial charge is 0.340 e. The minimum atomic E-state index is -4.14. The Bertz CT molecular complexity index is 248. The summed E-state index contributed by atoms with van der Waals surface area (Å²) in [7, 11) is 0. The van der Waals surface area contributed by atoms with E-state index in [1.807, 2.05) is 6.92 Å². The predicted octanol–water partition coefficient (Wildman–Crippen LogP) is 1.88. The summed E-state index contributed by atoms with van der Waals surface area (Å²) in [5.41, 5.74) is 0. The van der Waals surface area contributed by atoms with E-state index in [-0.39, 0.29) is 5.91 Å². The lowest BCUT2D eigenvalue weighted by Crippen LogP contribution is -2.50. The SMILES string of the molecule is CCCCC(=O)N1CCN(CC(F)(F)F)CC1. The van der Waals surface area contributed by atoms with Gasteiger partial charge in [-0.05, 0) is 6.42 Å². The van der Waals surface area contributed by atoms with Crippen LogP contribution in [0.3, 0.4) is 0 Å². The molecule has 1 aliphatic heterocycles. The molecule has 0 aromatic heterocycles. The molecule has 6 heteroatoms. The highest BCUT2D eigenvalue weighted by atomic mass is 19.4. The lowest BCUT2D eigenvalue weighted by atomic mass is 10.2. The Labute approximate surface area is 99.6 Å². The minimum absolute atomic E-state index is 0.0681. The molecule has 1 amide bonds. The van der Waals surface area contributed by atoms with E-state index in [0.29, 0.717) is 32.6 Å². The van der Waals surface area contributed by atoms with Gasteiger partial charge in [0, 0.05) is 32.6 Å². The summed E-state index contributed by atoms with van der Waals surface area (Å²) in [6.07, 6.45) is -1.83. The van der Waals surface area contributed by atoms with E-state index in [2.05, 4.69) is 0 Å². The molecule has 0 saturated carbocycles. The first-order valence-corrected chi connectivity index (χ1v) is 5.99. The van der Waals surface area contributed by atoms with Crippen LogP contribution < -0.4 is 0 Å². The molecule has 1 heterocycles. The second-order valence-corrected chi connectivity index (χ2v) is 4.38. The van der Waals surface area contributed by atoms with E-state index in [4.69, 9.17) is 0 Å². The molecule has 1 fully saturated rings. The van der Waals surface area contributed by atoms with Crippen LogP contribution in [0.5, 0.6) is 0 Å². The molecule has 17 heavy (non-hydrogen) atoms. The van der Waals surface area contributed by atoms with Crippen molar-refractivity contribution in [1.29, 1.82) is 0 Å². The number of unbranched alkanes of at least 4 members (excludes halogenated alkanes) is 1. The van der Waals surface area contributed by atoms with Gasteiger partial charge in [0.1, 0.15) is 0 Å². The van der Waals surface area contributed by atoms with Crippen LogP contribution in [0.2, 0.25) is 0 Å². The Morgan fingerprint density at radius 3 is 2.24 bits per heavy atom. The van der Waals surface area contributed by atoms with Crippen LogP contribution >= 0.6 is 0 Å². The van der Waals surface area contributed by atoms with Crippen molar-refractivity contribution in [1.82, 2.24) is 9.80 Å². The molecule has 0 unspecified atom stereocenters. The van der Waals surface area contributed by atoms with Crippen LogP contribution in [0.1, 0.15) is 26.2 Å². The maximum atomic E-state index is 12.1. The van der Waals surface area contributed by atoms with Crippen molar-refractivity contribution in [3.05, 3.63) is 0 Å². The quantitative estimate of drug-likeness (QED) is 0.762. The van der Waals surface area contributed by atoms with Gasteiger partial charge in [-0.25, -0.2) is 0 Å². The maximum absolute atomic E-state index is 12.1. The number of rotatable bonds is 4. The van der Waals surface area contributed by atoms with Gasteiger partial charge >= 0.3 is 6.18 Å². The third kappa shape index (κ3) is 5.39. The molecular weight excluding hydrogens is 233 g/mol. The van der Waals surface area contributed by atoms with Crippen LogP contribution in [0.25, 0.3) is 0 Å². The number of carbonyl (C=O) groups is 1. The van der Waals surface area contributed by atoms with Crippen molar-refractivity contribution in [2.75, 3.05) is 32.7 Å². The van der Waals surface area contributed by atoms with Crippen molar-refractivity contribution in [2.45, 2.75) is 32.4 Å². The molecule has 1 aliphatic rings. The van der Waals surface area contributed by atoms with Crippen LogP contribution in [-0.4, -0.2) is 54.6 Å². The number of hydrogen-bond donors (Lipinski definition) is 0. The molecular formula is C11H19F3N2O. The Kier molecular flexibility index (Phi) is 5.24. The topological polar surface area (TPSA) is 23.6 Å². The molecule has 100 valence electrons. The lowest BCUT2D eigenvalue weighted by molar-refractivity contribution is -0.151. The first-order valence-electron chi connectivity index (χ1n) is 5.99. The van der Waals surface area contributed by atoms with Crippen molar-refractivity contribution < 1.29 is 18.0 Å². The number of nitrogens with zero attached hydrogens (tertiary/aromatic N) is 2. The van der Waals surface area contributed by atoms with Gasteiger partial charge in [-0.3, -0.25) is 9.69 Å². The van der Waals surface area contributed by atoms with E-state index >= 15 is 0 Å². The number of hydrogen-bond acceptors (Lipinski definition) is 2. The summed E-state index contributed by atoms with van der Waals surface area (Å²) < 4.78 is 36.4. The number of carbonyl (C=O) groups excluding carboxylic acids is 1. The average molecular weight is 252 g/mol. The molecule has 0 N–H and O–H groups in total. The first kappa shape index (κ1) is 14.3. The third-order valence-electron chi connectivity index (χ3n) is 2.87. The number of halogens is 3. The fraction of sp³-hybridized carbons (Fsp3) is 0.909. The molecule has 0 radical (unpaired) electrons. The van der Waals surface area contributed by atoms with Crippen LogP contribution in [0, 0.1) is 0 Å². The second kappa shape index (κ2) is 6.23. The molecule has 0 spiro atoms. The van der Waals surface area contributed by atoms with Gasteiger partial charge in [-0.15, -0.1) is 0 Å². The van der Waals surface area contributed by atoms with Gasteiger partial charge in [-0.2, -0.15) is 13.2 Å². The average Bonchev–Trinajstić information content (AvgIpc) is 2.24. The van der Waals surface area contributed by atoms with E-state index < -0.39 is 12.7 Å². The largest absolute Gasteiger partial charge is 0.401 e. The third-order valence-corrected chi connectivity index (χ3v) is 2.87. The molecule has 0 aromatic carbocycles. The van der Waals surface area contributed by atoms with Crippen molar-refractivity contribution in [2.24, 2.45) is 0 Å². The zero-order valence-corrected chi connectivity index (χ0v) is 10.1. The highest BCUT2D eigenvalue weighted by Gasteiger charge is 2.32. The summed E-state index contributed by atoms with van der Waals surface area (Å²) in [5, 5.41) is 0. The highest BCUT2D eigenvalue weighted by molar-refractivity contribution is 5.76. The number of amides is 1. The van der Waals surface area contributed by atoms with E-state index in [1.54, 1.807) is 4.90 Å². The zero-order valence-electron chi connectivity index (χ0n) is 10.1. The standard InChI is InChI=1S/C11H19F3N2O/c1-2-3-4-10(17)16-7-5-15(6-8-16)9-11(12,13)14/h2-9H2,1H3. The fourth-order valence-electron chi connectivity index (χ4n) is 1.90. The Morgan fingerprint density at radius 1 is 1.18 bits per heavy atom. The van der Waals surface area contributed by atoms with Crippen LogP contribution in [0.4, 0.5) is 13.2 Å². The monoisotopic (exact) mass is 252 g/mol.